The zero-order valence-electron chi connectivity index (χ0n) is 25.0. The molecule has 4 aromatic carbocycles. The number of carbonyl (C=O) groups excluding carboxylic acids is 1. The first-order valence-corrected chi connectivity index (χ1v) is 14.2. The van der Waals surface area contributed by atoms with Gasteiger partial charge in [-0.1, -0.05) is 48.5 Å². The number of benzene rings is 4. The lowest BCUT2D eigenvalue weighted by Crippen LogP contribution is -2.48. The van der Waals surface area contributed by atoms with Crippen LogP contribution in [0.25, 0.3) is 0 Å². The zero-order chi connectivity index (χ0) is 33.2. The summed E-state index contributed by atoms with van der Waals surface area (Å²) >= 11 is 0. The minimum Gasteiger partial charge on any atom is -0.493 e. The van der Waals surface area contributed by atoms with Gasteiger partial charge in [0.25, 0.3) is 0 Å². The van der Waals surface area contributed by atoms with Gasteiger partial charge >= 0.3 is 11.9 Å². The van der Waals surface area contributed by atoms with Gasteiger partial charge in [-0.2, -0.15) is 0 Å². The Morgan fingerprint density at radius 3 is 2.11 bits per heavy atom. The third-order valence-corrected chi connectivity index (χ3v) is 7.25. The first kappa shape index (κ1) is 32.9. The summed E-state index contributed by atoms with van der Waals surface area (Å²) in [7, 11) is 1.46. The van der Waals surface area contributed by atoms with Gasteiger partial charge in [0.05, 0.1) is 13.5 Å². The molecule has 12 heteroatoms. The first-order chi connectivity index (χ1) is 22.0. The molecule has 3 atom stereocenters. The number of carboxylic acids is 2. The number of rotatable bonds is 15. The summed E-state index contributed by atoms with van der Waals surface area (Å²) in [5.41, 5.74) is 14.5. The topological polar surface area (TPSA) is 210 Å². The highest BCUT2D eigenvalue weighted by atomic mass is 16.5. The predicted octanol–water partition coefficient (Wildman–Crippen LogP) is 4.12. The number of nitrogen functional groups attached to an aromatic ring is 2. The van der Waals surface area contributed by atoms with Crippen LogP contribution >= 0.6 is 0 Å². The number of carbonyl (C=O) groups is 3. The number of amides is 1. The Labute approximate surface area is 265 Å². The highest BCUT2D eigenvalue weighted by molar-refractivity contribution is 5.95. The van der Waals surface area contributed by atoms with Crippen LogP contribution in [-0.4, -0.2) is 47.0 Å². The number of aliphatic carboxylic acids is 2. The van der Waals surface area contributed by atoms with E-state index in [2.05, 4.69) is 10.6 Å². The molecule has 0 heterocycles. The fraction of sp³-hybridized carbons (Fsp3) is 0.176. The Morgan fingerprint density at radius 1 is 0.870 bits per heavy atom. The monoisotopic (exact) mass is 625 g/mol. The summed E-state index contributed by atoms with van der Waals surface area (Å²) in [4.78, 5) is 38.3. The van der Waals surface area contributed by atoms with Crippen LogP contribution in [0.15, 0.2) is 97.1 Å². The summed E-state index contributed by atoms with van der Waals surface area (Å²) in [5.74, 6) is -3.88. The maximum Gasteiger partial charge on any atom is 0.326 e. The molecule has 0 spiro atoms. The average molecular weight is 626 g/mol. The number of carboxylic acid groups (broad SMARTS) is 2. The number of amidine groups is 1. The Morgan fingerprint density at radius 2 is 1.52 bits per heavy atom. The average Bonchev–Trinajstić information content (AvgIpc) is 3.05. The van der Waals surface area contributed by atoms with Crippen LogP contribution in [0.4, 0.5) is 11.4 Å². The molecule has 9 N–H and O–H groups in total. The molecule has 46 heavy (non-hydrogen) atoms. The third kappa shape index (κ3) is 8.53. The van der Waals surface area contributed by atoms with Crippen LogP contribution in [-0.2, 0) is 21.0 Å². The van der Waals surface area contributed by atoms with Gasteiger partial charge in [0.1, 0.15) is 24.5 Å². The molecule has 238 valence electrons. The first-order valence-electron chi connectivity index (χ1n) is 14.2. The smallest absolute Gasteiger partial charge is 0.326 e. The zero-order valence-corrected chi connectivity index (χ0v) is 25.0. The lowest BCUT2D eigenvalue weighted by molar-refractivity contribution is -0.144. The van der Waals surface area contributed by atoms with Crippen molar-refractivity contribution in [2.75, 3.05) is 18.2 Å². The van der Waals surface area contributed by atoms with E-state index in [1.807, 2.05) is 30.3 Å². The van der Waals surface area contributed by atoms with Gasteiger partial charge in [0.2, 0.25) is 5.91 Å². The van der Waals surface area contributed by atoms with Crippen molar-refractivity contribution in [3.63, 3.8) is 0 Å². The summed E-state index contributed by atoms with van der Waals surface area (Å²) in [6.45, 7) is 0.275. The van der Waals surface area contributed by atoms with Crippen molar-refractivity contribution in [1.29, 1.82) is 5.41 Å². The molecule has 0 fully saturated rings. The number of hydrogen-bond donors (Lipinski definition) is 7. The van der Waals surface area contributed by atoms with Crippen LogP contribution in [0, 0.1) is 5.41 Å². The molecule has 0 aliphatic heterocycles. The van der Waals surface area contributed by atoms with Crippen LogP contribution in [0.2, 0.25) is 0 Å². The van der Waals surface area contributed by atoms with E-state index in [-0.39, 0.29) is 12.4 Å². The van der Waals surface area contributed by atoms with E-state index in [1.165, 1.54) is 31.4 Å². The van der Waals surface area contributed by atoms with Crippen LogP contribution in [0.5, 0.6) is 11.5 Å². The Balaban J connectivity index is 1.68. The SMILES string of the molecule is COc1cc([C@@H](Nc2ccc(C(=N)N)cc2)C(=O)N[C@H](C(=O)O)C(CC(=O)O)c2ccc(N)cc2)ccc1OCc1ccccc1. The van der Waals surface area contributed by atoms with Crippen molar-refractivity contribution in [2.24, 2.45) is 5.73 Å². The van der Waals surface area contributed by atoms with Gasteiger partial charge < -0.3 is 41.8 Å². The van der Waals surface area contributed by atoms with E-state index >= 15 is 0 Å². The van der Waals surface area contributed by atoms with E-state index in [0.29, 0.717) is 39.6 Å². The standard InChI is InChI=1S/C34H35N5O7/c1-45-28-17-23(11-16-27(28)46-19-20-5-3-2-4-6-20)30(38-25-14-9-22(10-15-25)32(36)37)33(42)39-31(34(43)44)26(18-29(40)41)21-7-12-24(35)13-8-21/h2-17,26,30-31,38H,18-19,35H2,1H3,(H3,36,37)(H,39,42)(H,40,41)(H,43,44)/t26?,30-,31+/m1/s1. The molecule has 0 bridgehead atoms. The highest BCUT2D eigenvalue weighted by Gasteiger charge is 2.35. The molecule has 4 aromatic rings. The molecule has 0 aromatic heterocycles. The van der Waals surface area contributed by atoms with Gasteiger partial charge in [-0.25, -0.2) is 4.79 Å². The summed E-state index contributed by atoms with van der Waals surface area (Å²) < 4.78 is 11.5. The summed E-state index contributed by atoms with van der Waals surface area (Å²) in [6, 6.07) is 24.3. The normalized spacial score (nSPS) is 12.6. The van der Waals surface area contributed by atoms with Crippen molar-refractivity contribution in [1.82, 2.24) is 5.32 Å². The molecule has 1 amide bonds. The Bertz CT molecular complexity index is 1680. The lowest BCUT2D eigenvalue weighted by Gasteiger charge is -2.27. The second-order valence-corrected chi connectivity index (χ2v) is 10.4. The van der Waals surface area contributed by atoms with Crippen molar-refractivity contribution in [3.05, 3.63) is 119 Å². The number of hydrogen-bond acceptors (Lipinski definition) is 8. The molecule has 0 radical (unpaired) electrons. The van der Waals surface area contributed by atoms with Crippen molar-refractivity contribution in [2.45, 2.75) is 31.0 Å². The molecule has 1 unspecified atom stereocenters. The Kier molecular flexibility index (Phi) is 10.8. The van der Waals surface area contributed by atoms with Crippen molar-refractivity contribution in [3.8, 4) is 11.5 Å². The lowest BCUT2D eigenvalue weighted by atomic mass is 9.88. The minimum atomic E-state index is -1.60. The number of ether oxygens (including phenoxy) is 2. The van der Waals surface area contributed by atoms with Crippen LogP contribution in [0.3, 0.4) is 0 Å². The molecule has 0 saturated heterocycles. The van der Waals surface area contributed by atoms with Crippen LogP contribution in [0.1, 0.15) is 40.6 Å². The number of nitrogens with two attached hydrogens (primary N) is 2. The van der Waals surface area contributed by atoms with E-state index in [0.717, 1.165) is 5.56 Å². The van der Waals surface area contributed by atoms with Gasteiger partial charge in [-0.3, -0.25) is 15.0 Å². The van der Waals surface area contributed by atoms with Crippen molar-refractivity contribution < 1.29 is 34.1 Å². The molecule has 4 rings (SSSR count). The molecule has 0 saturated carbocycles. The van der Waals surface area contributed by atoms with E-state index in [4.69, 9.17) is 26.4 Å². The second kappa shape index (κ2) is 15.1. The quantitative estimate of drug-likeness (QED) is 0.0571. The molecule has 0 aliphatic rings. The van der Waals surface area contributed by atoms with E-state index < -0.39 is 42.3 Å². The fourth-order valence-corrected chi connectivity index (χ4v) is 4.86. The maximum atomic E-state index is 14.0. The molecule has 12 nitrogen and oxygen atoms in total. The molecule has 0 aliphatic carbocycles. The highest BCUT2D eigenvalue weighted by Crippen LogP contribution is 2.33. The number of methoxy groups -OCH3 is 1. The Hall–Kier alpha value is -6.04. The van der Waals surface area contributed by atoms with E-state index in [1.54, 1.807) is 42.5 Å². The minimum absolute atomic E-state index is 0.131. The molecular weight excluding hydrogens is 590 g/mol. The van der Waals surface area contributed by atoms with Gasteiger partial charge in [0.15, 0.2) is 11.5 Å². The van der Waals surface area contributed by atoms with Crippen molar-refractivity contribution >= 4 is 35.1 Å². The second-order valence-electron chi connectivity index (χ2n) is 10.4. The van der Waals surface area contributed by atoms with Gasteiger partial charge in [0, 0.05) is 22.9 Å². The van der Waals surface area contributed by atoms with Gasteiger partial charge in [-0.05, 0) is 65.2 Å². The van der Waals surface area contributed by atoms with E-state index in [9.17, 15) is 24.6 Å². The fourth-order valence-electron chi connectivity index (χ4n) is 4.86. The number of nitrogens with one attached hydrogen (secondary N) is 3. The summed E-state index contributed by atoms with van der Waals surface area (Å²) in [6.07, 6.45) is -0.562. The van der Waals surface area contributed by atoms with Crippen LogP contribution < -0.4 is 31.6 Å². The maximum absolute atomic E-state index is 14.0. The predicted molar refractivity (Wildman–Crippen MR) is 173 cm³/mol. The largest absolute Gasteiger partial charge is 0.493 e. The molecular formula is C34H35N5O7. The summed E-state index contributed by atoms with van der Waals surface area (Å²) in [5, 5.41) is 33.1. The van der Waals surface area contributed by atoms with Gasteiger partial charge in [-0.15, -0.1) is 0 Å². The number of anilines is 2. The third-order valence-electron chi connectivity index (χ3n) is 7.25.